The quantitative estimate of drug-likeness (QED) is 0.830. The van der Waals surface area contributed by atoms with Gasteiger partial charge in [-0.15, -0.1) is 0 Å². The Bertz CT molecular complexity index is 317. The molecule has 0 bridgehead atoms. The van der Waals surface area contributed by atoms with E-state index in [1.165, 1.54) is 57.5 Å². The molecule has 2 nitrogen and oxygen atoms in total. The van der Waals surface area contributed by atoms with Gasteiger partial charge in [-0.3, -0.25) is 0 Å². The van der Waals surface area contributed by atoms with Crippen LogP contribution >= 0.6 is 0 Å². The lowest BCUT2D eigenvalue weighted by atomic mass is 9.97. The van der Waals surface area contributed by atoms with E-state index in [1.54, 1.807) is 0 Å². The summed E-state index contributed by atoms with van der Waals surface area (Å²) in [4.78, 5) is 2.61. The van der Waals surface area contributed by atoms with Crippen LogP contribution in [0.4, 0.5) is 0 Å². The van der Waals surface area contributed by atoms with Crippen molar-refractivity contribution in [1.29, 1.82) is 0 Å². The molecular formula is C16H26N2. The molecule has 0 radical (unpaired) electrons. The highest BCUT2D eigenvalue weighted by Gasteiger charge is 2.15. The Kier molecular flexibility index (Phi) is 5.69. The minimum Gasteiger partial charge on any atom is -0.317 e. The lowest BCUT2D eigenvalue weighted by molar-refractivity contribution is 0.215. The molecule has 1 aromatic carbocycles. The number of benzene rings is 1. The zero-order valence-electron chi connectivity index (χ0n) is 11.6. The highest BCUT2D eigenvalue weighted by molar-refractivity contribution is 5.14. The molecule has 1 aromatic rings. The largest absolute Gasteiger partial charge is 0.317 e. The van der Waals surface area contributed by atoms with E-state index in [4.69, 9.17) is 0 Å². The third kappa shape index (κ3) is 4.43. The van der Waals surface area contributed by atoms with E-state index in [2.05, 4.69) is 47.5 Å². The number of likely N-dealkylation sites (N-methyl/N-ethyl adjacent to an activating group) is 1. The van der Waals surface area contributed by atoms with E-state index < -0.39 is 0 Å². The molecule has 1 fully saturated rings. The van der Waals surface area contributed by atoms with Gasteiger partial charge < -0.3 is 10.2 Å². The van der Waals surface area contributed by atoms with Crippen LogP contribution in [0, 0.1) is 5.92 Å². The standard InChI is InChI=1S/C16H26N2/c1-2-18(14-16-8-11-17-12-9-16)13-10-15-6-4-3-5-7-15/h3-7,16-17H,2,8-14H2,1H3. The Labute approximate surface area is 111 Å². The minimum absolute atomic E-state index is 0.905. The van der Waals surface area contributed by atoms with Crippen molar-refractivity contribution in [2.45, 2.75) is 26.2 Å². The average molecular weight is 246 g/mol. The number of nitrogens with zero attached hydrogens (tertiary/aromatic N) is 1. The van der Waals surface area contributed by atoms with Gasteiger partial charge in [-0.1, -0.05) is 37.3 Å². The summed E-state index contributed by atoms with van der Waals surface area (Å²) in [5.74, 6) is 0.905. The first-order valence-electron chi connectivity index (χ1n) is 7.35. The van der Waals surface area contributed by atoms with Gasteiger partial charge in [0.25, 0.3) is 0 Å². The van der Waals surface area contributed by atoms with Crippen molar-refractivity contribution in [2.24, 2.45) is 5.92 Å². The van der Waals surface area contributed by atoms with Crippen LogP contribution in [-0.4, -0.2) is 37.6 Å². The summed E-state index contributed by atoms with van der Waals surface area (Å²) in [6.45, 7) is 8.36. The van der Waals surface area contributed by atoms with Gasteiger partial charge in [0.15, 0.2) is 0 Å². The van der Waals surface area contributed by atoms with Gasteiger partial charge in [-0.05, 0) is 50.4 Å². The highest BCUT2D eigenvalue weighted by atomic mass is 15.1. The van der Waals surface area contributed by atoms with Crippen molar-refractivity contribution in [3.05, 3.63) is 35.9 Å². The van der Waals surface area contributed by atoms with Crippen molar-refractivity contribution in [3.8, 4) is 0 Å². The average Bonchev–Trinajstić information content (AvgIpc) is 2.45. The number of rotatable bonds is 6. The fraction of sp³-hybridized carbons (Fsp3) is 0.625. The van der Waals surface area contributed by atoms with Gasteiger partial charge in [-0.25, -0.2) is 0 Å². The zero-order valence-corrected chi connectivity index (χ0v) is 11.6. The smallest absolute Gasteiger partial charge is 0.00218 e. The van der Waals surface area contributed by atoms with Crippen LogP contribution in [0.1, 0.15) is 25.3 Å². The van der Waals surface area contributed by atoms with Gasteiger partial charge in [0.1, 0.15) is 0 Å². The summed E-state index contributed by atoms with van der Waals surface area (Å²) in [5, 5.41) is 3.45. The Morgan fingerprint density at radius 3 is 2.56 bits per heavy atom. The number of hydrogen-bond donors (Lipinski definition) is 1. The highest BCUT2D eigenvalue weighted by Crippen LogP contribution is 2.13. The second kappa shape index (κ2) is 7.55. The summed E-state index contributed by atoms with van der Waals surface area (Å²) in [7, 11) is 0. The van der Waals surface area contributed by atoms with Gasteiger partial charge in [-0.2, -0.15) is 0 Å². The molecule has 1 aliphatic heterocycles. The summed E-state index contributed by atoms with van der Waals surface area (Å²) >= 11 is 0. The van der Waals surface area contributed by atoms with Crippen molar-refractivity contribution in [2.75, 3.05) is 32.7 Å². The zero-order chi connectivity index (χ0) is 12.6. The van der Waals surface area contributed by atoms with Crippen LogP contribution in [0.5, 0.6) is 0 Å². The lowest BCUT2D eigenvalue weighted by Gasteiger charge is -2.29. The van der Waals surface area contributed by atoms with Gasteiger partial charge >= 0.3 is 0 Å². The van der Waals surface area contributed by atoms with E-state index in [0.717, 1.165) is 5.92 Å². The Balaban J connectivity index is 1.74. The number of hydrogen-bond acceptors (Lipinski definition) is 2. The normalized spacial score (nSPS) is 17.2. The fourth-order valence-corrected chi connectivity index (χ4v) is 2.74. The monoisotopic (exact) mass is 246 g/mol. The van der Waals surface area contributed by atoms with Crippen LogP contribution in [0.15, 0.2) is 30.3 Å². The third-order valence-corrected chi connectivity index (χ3v) is 3.98. The topological polar surface area (TPSA) is 15.3 Å². The predicted molar refractivity (Wildman–Crippen MR) is 77.9 cm³/mol. The van der Waals surface area contributed by atoms with E-state index in [-0.39, 0.29) is 0 Å². The second-order valence-corrected chi connectivity index (χ2v) is 5.32. The molecule has 0 amide bonds. The summed E-state index contributed by atoms with van der Waals surface area (Å²) in [6, 6.07) is 10.8. The third-order valence-electron chi connectivity index (χ3n) is 3.98. The molecule has 18 heavy (non-hydrogen) atoms. The van der Waals surface area contributed by atoms with Gasteiger partial charge in [0.2, 0.25) is 0 Å². The van der Waals surface area contributed by atoms with Crippen LogP contribution in [0.25, 0.3) is 0 Å². The summed E-state index contributed by atoms with van der Waals surface area (Å²) in [6.07, 6.45) is 3.88. The molecule has 0 unspecified atom stereocenters. The molecule has 0 atom stereocenters. The van der Waals surface area contributed by atoms with Crippen LogP contribution in [0.2, 0.25) is 0 Å². The van der Waals surface area contributed by atoms with Gasteiger partial charge in [0, 0.05) is 13.1 Å². The molecule has 2 rings (SSSR count). The number of piperidine rings is 1. The molecule has 0 aliphatic carbocycles. The van der Waals surface area contributed by atoms with E-state index >= 15 is 0 Å². The first kappa shape index (κ1) is 13.6. The minimum atomic E-state index is 0.905. The first-order valence-corrected chi connectivity index (χ1v) is 7.35. The van der Waals surface area contributed by atoms with E-state index in [1.807, 2.05) is 0 Å². The number of nitrogens with one attached hydrogen (secondary N) is 1. The Morgan fingerprint density at radius 2 is 1.89 bits per heavy atom. The molecule has 1 saturated heterocycles. The maximum absolute atomic E-state index is 3.45. The molecular weight excluding hydrogens is 220 g/mol. The molecule has 1 aliphatic rings. The van der Waals surface area contributed by atoms with Crippen LogP contribution in [-0.2, 0) is 6.42 Å². The summed E-state index contributed by atoms with van der Waals surface area (Å²) in [5.41, 5.74) is 1.46. The van der Waals surface area contributed by atoms with Crippen molar-refractivity contribution in [3.63, 3.8) is 0 Å². The second-order valence-electron chi connectivity index (χ2n) is 5.32. The van der Waals surface area contributed by atoms with Crippen LogP contribution < -0.4 is 5.32 Å². The van der Waals surface area contributed by atoms with Crippen molar-refractivity contribution >= 4 is 0 Å². The molecule has 0 aromatic heterocycles. The lowest BCUT2D eigenvalue weighted by Crippen LogP contribution is -2.37. The molecule has 1 heterocycles. The van der Waals surface area contributed by atoms with Gasteiger partial charge in [0.05, 0.1) is 0 Å². The fourth-order valence-electron chi connectivity index (χ4n) is 2.74. The molecule has 1 N–H and O–H groups in total. The van der Waals surface area contributed by atoms with Crippen molar-refractivity contribution < 1.29 is 0 Å². The molecule has 0 saturated carbocycles. The first-order chi connectivity index (χ1) is 8.88. The van der Waals surface area contributed by atoms with E-state index in [9.17, 15) is 0 Å². The maximum Gasteiger partial charge on any atom is 0.00218 e. The summed E-state index contributed by atoms with van der Waals surface area (Å²) < 4.78 is 0. The molecule has 2 heteroatoms. The van der Waals surface area contributed by atoms with Crippen molar-refractivity contribution in [1.82, 2.24) is 10.2 Å². The SMILES string of the molecule is CCN(CCc1ccccc1)CC1CCNCC1. The Morgan fingerprint density at radius 1 is 1.17 bits per heavy atom. The molecule has 0 spiro atoms. The maximum atomic E-state index is 3.45. The predicted octanol–water partition coefficient (Wildman–Crippen LogP) is 2.55. The Hall–Kier alpha value is -0.860. The van der Waals surface area contributed by atoms with Crippen LogP contribution in [0.3, 0.4) is 0 Å². The molecule has 100 valence electrons. The van der Waals surface area contributed by atoms with E-state index in [0.29, 0.717) is 0 Å².